The minimum atomic E-state index is 0.573. The van der Waals surface area contributed by atoms with Crippen LogP contribution in [0.2, 0.25) is 0 Å². The van der Waals surface area contributed by atoms with Gasteiger partial charge in [-0.3, -0.25) is 4.90 Å². The van der Waals surface area contributed by atoms with Gasteiger partial charge in [0, 0.05) is 49.7 Å². The molecule has 0 spiro atoms. The van der Waals surface area contributed by atoms with Gasteiger partial charge in [-0.25, -0.2) is 9.97 Å². The molecule has 1 aliphatic rings. The molecule has 0 atom stereocenters. The van der Waals surface area contributed by atoms with Crippen LogP contribution in [0.4, 0.5) is 0 Å². The molecule has 0 amide bonds. The van der Waals surface area contributed by atoms with Crippen molar-refractivity contribution in [2.24, 2.45) is 0 Å². The first-order valence-electron chi connectivity index (χ1n) is 6.10. The van der Waals surface area contributed by atoms with Crippen LogP contribution in [0.3, 0.4) is 0 Å². The summed E-state index contributed by atoms with van der Waals surface area (Å²) < 4.78 is 1.45. The highest BCUT2D eigenvalue weighted by Crippen LogP contribution is 2.18. The van der Waals surface area contributed by atoms with Gasteiger partial charge < -0.3 is 4.98 Å². The Morgan fingerprint density at radius 2 is 2.21 bits per heavy atom. The van der Waals surface area contributed by atoms with Gasteiger partial charge in [0.05, 0.1) is 0 Å². The number of aromatic amines is 1. The lowest BCUT2D eigenvalue weighted by atomic mass is 10.1. The highest BCUT2D eigenvalue weighted by Gasteiger charge is 2.17. The molecule has 98 valence electrons. The van der Waals surface area contributed by atoms with E-state index < -0.39 is 0 Å². The highest BCUT2D eigenvalue weighted by atomic mass is 79.9. The van der Waals surface area contributed by atoms with Gasteiger partial charge in [-0.2, -0.15) is 0 Å². The number of nitrogens with one attached hydrogen (secondary N) is 1. The molecule has 0 bridgehead atoms. The van der Waals surface area contributed by atoms with Crippen molar-refractivity contribution in [2.75, 3.05) is 6.54 Å². The molecule has 0 aromatic carbocycles. The monoisotopic (exact) mass is 336 g/mol. The lowest BCUT2D eigenvalue weighted by molar-refractivity contribution is 0.242. The van der Waals surface area contributed by atoms with Crippen LogP contribution in [-0.4, -0.2) is 26.4 Å². The van der Waals surface area contributed by atoms with E-state index >= 15 is 0 Å². The third kappa shape index (κ3) is 3.08. The molecule has 0 unspecified atom stereocenters. The first-order chi connectivity index (χ1) is 9.20. The molecule has 0 aliphatic carbocycles. The zero-order chi connectivity index (χ0) is 13.2. The first-order valence-corrected chi connectivity index (χ1v) is 7.31. The molecule has 3 rings (SSSR count). The minimum Gasteiger partial charge on any atom is -0.334 e. The molecule has 3 heterocycles. The number of fused-ring (bicyclic) bond motifs is 1. The molecule has 2 aromatic heterocycles. The van der Waals surface area contributed by atoms with Crippen molar-refractivity contribution in [3.05, 3.63) is 50.7 Å². The lowest BCUT2D eigenvalue weighted by Gasteiger charge is -2.28. The van der Waals surface area contributed by atoms with E-state index in [4.69, 9.17) is 12.2 Å². The Balaban J connectivity index is 1.73. The number of pyridine rings is 1. The molecule has 2 aromatic rings. The Morgan fingerprint density at radius 1 is 1.32 bits per heavy atom. The number of halogens is 1. The fourth-order valence-electron chi connectivity index (χ4n) is 2.30. The van der Waals surface area contributed by atoms with Gasteiger partial charge in [0.15, 0.2) is 4.77 Å². The molecule has 0 saturated heterocycles. The van der Waals surface area contributed by atoms with Crippen molar-refractivity contribution in [3.63, 3.8) is 0 Å². The number of aromatic nitrogens is 3. The van der Waals surface area contributed by atoms with Crippen molar-refractivity contribution in [1.82, 2.24) is 19.9 Å². The second-order valence-corrected chi connectivity index (χ2v) is 5.84. The summed E-state index contributed by atoms with van der Waals surface area (Å²) in [6.45, 7) is 2.85. The van der Waals surface area contributed by atoms with Crippen molar-refractivity contribution >= 4 is 28.1 Å². The summed E-state index contributed by atoms with van der Waals surface area (Å²) in [5.74, 6) is 0. The van der Waals surface area contributed by atoms with E-state index in [9.17, 15) is 0 Å². The molecule has 6 heteroatoms. The SMILES string of the molecule is S=c1ncc2c([nH]1)CCN(Cc1ccc(Br)nc1)C2. The fraction of sp³-hybridized carbons (Fsp3) is 0.308. The van der Waals surface area contributed by atoms with Crippen LogP contribution in [0, 0.1) is 4.77 Å². The van der Waals surface area contributed by atoms with Gasteiger partial charge in [0.2, 0.25) is 0 Å². The van der Waals surface area contributed by atoms with Crippen LogP contribution in [-0.2, 0) is 19.5 Å². The van der Waals surface area contributed by atoms with Gasteiger partial charge in [-0.1, -0.05) is 6.07 Å². The first kappa shape index (κ1) is 12.9. The van der Waals surface area contributed by atoms with Crippen LogP contribution in [0.1, 0.15) is 16.8 Å². The topological polar surface area (TPSA) is 44.8 Å². The van der Waals surface area contributed by atoms with Crippen molar-refractivity contribution < 1.29 is 0 Å². The summed E-state index contributed by atoms with van der Waals surface area (Å²) in [4.78, 5) is 14.0. The molecule has 0 radical (unpaired) electrons. The number of nitrogens with zero attached hydrogens (tertiary/aromatic N) is 3. The van der Waals surface area contributed by atoms with E-state index in [2.05, 4.69) is 41.8 Å². The third-order valence-corrected chi connectivity index (χ3v) is 3.93. The Kier molecular flexibility index (Phi) is 3.72. The van der Waals surface area contributed by atoms with Gasteiger partial charge in [-0.15, -0.1) is 0 Å². The molecule has 0 saturated carbocycles. The molecule has 1 N–H and O–H groups in total. The zero-order valence-electron chi connectivity index (χ0n) is 10.3. The largest absolute Gasteiger partial charge is 0.334 e. The zero-order valence-corrected chi connectivity index (χ0v) is 12.7. The predicted molar refractivity (Wildman–Crippen MR) is 79.2 cm³/mol. The van der Waals surface area contributed by atoms with Crippen molar-refractivity contribution in [1.29, 1.82) is 0 Å². The maximum Gasteiger partial charge on any atom is 0.196 e. The quantitative estimate of drug-likeness (QED) is 0.676. The highest BCUT2D eigenvalue weighted by molar-refractivity contribution is 9.10. The summed E-state index contributed by atoms with van der Waals surface area (Å²) in [5, 5.41) is 0. The average molecular weight is 337 g/mol. The van der Waals surface area contributed by atoms with Gasteiger partial charge >= 0.3 is 0 Å². The Labute approximate surface area is 125 Å². The molecule has 0 fully saturated rings. The molecule has 4 nitrogen and oxygen atoms in total. The Bertz CT molecular complexity index is 638. The summed E-state index contributed by atoms with van der Waals surface area (Å²) in [6, 6.07) is 4.08. The number of rotatable bonds is 2. The summed E-state index contributed by atoms with van der Waals surface area (Å²) >= 11 is 8.40. The Morgan fingerprint density at radius 3 is 3.00 bits per heavy atom. The van der Waals surface area contributed by atoms with E-state index in [1.807, 2.05) is 18.5 Å². The van der Waals surface area contributed by atoms with E-state index in [0.717, 1.165) is 30.7 Å². The average Bonchev–Trinajstić information content (AvgIpc) is 2.42. The standard InChI is InChI=1S/C13H13BrN4S/c14-12-2-1-9(5-15-12)7-18-4-3-11-10(8-18)6-16-13(19)17-11/h1-2,5-6H,3-4,7-8H2,(H,16,17,19). The van der Waals surface area contributed by atoms with Crippen LogP contribution in [0.25, 0.3) is 0 Å². The smallest absolute Gasteiger partial charge is 0.196 e. The van der Waals surface area contributed by atoms with E-state index in [-0.39, 0.29) is 0 Å². The van der Waals surface area contributed by atoms with Crippen LogP contribution < -0.4 is 0 Å². The summed E-state index contributed by atoms with van der Waals surface area (Å²) in [5.41, 5.74) is 3.69. The van der Waals surface area contributed by atoms with E-state index in [1.165, 1.54) is 16.8 Å². The van der Waals surface area contributed by atoms with Gasteiger partial charge in [0.25, 0.3) is 0 Å². The molecule has 19 heavy (non-hydrogen) atoms. The summed E-state index contributed by atoms with van der Waals surface area (Å²) in [7, 11) is 0. The molecular weight excluding hydrogens is 324 g/mol. The fourth-order valence-corrected chi connectivity index (χ4v) is 2.71. The van der Waals surface area contributed by atoms with Gasteiger partial charge in [-0.05, 0) is 39.8 Å². The van der Waals surface area contributed by atoms with Crippen LogP contribution in [0.5, 0.6) is 0 Å². The van der Waals surface area contributed by atoms with Crippen molar-refractivity contribution in [3.8, 4) is 0 Å². The maximum atomic E-state index is 5.05. The minimum absolute atomic E-state index is 0.573. The maximum absolute atomic E-state index is 5.05. The van der Waals surface area contributed by atoms with Crippen LogP contribution in [0.15, 0.2) is 29.1 Å². The third-order valence-electron chi connectivity index (χ3n) is 3.25. The molecular formula is C13H13BrN4S. The summed E-state index contributed by atoms with van der Waals surface area (Å²) in [6.07, 6.45) is 4.79. The van der Waals surface area contributed by atoms with Crippen molar-refractivity contribution in [2.45, 2.75) is 19.5 Å². The predicted octanol–water partition coefficient (Wildman–Crippen LogP) is 2.85. The second-order valence-electron chi connectivity index (χ2n) is 4.64. The number of hydrogen-bond acceptors (Lipinski definition) is 4. The lowest BCUT2D eigenvalue weighted by Crippen LogP contribution is -2.30. The Hall–Kier alpha value is -1.11. The normalized spacial score (nSPS) is 15.2. The van der Waals surface area contributed by atoms with E-state index in [1.54, 1.807) is 0 Å². The molecule has 1 aliphatic heterocycles. The number of H-pyrrole nitrogens is 1. The van der Waals surface area contributed by atoms with Crippen LogP contribution >= 0.6 is 28.1 Å². The van der Waals surface area contributed by atoms with E-state index in [0.29, 0.717) is 4.77 Å². The number of hydrogen-bond donors (Lipinski definition) is 1. The van der Waals surface area contributed by atoms with Gasteiger partial charge in [0.1, 0.15) is 4.60 Å². The second kappa shape index (κ2) is 5.48.